The highest BCUT2D eigenvalue weighted by Gasteiger charge is 2.39. The van der Waals surface area contributed by atoms with Crippen molar-refractivity contribution in [2.45, 2.75) is 64.4 Å². The number of ether oxygens (including phenoxy) is 1. The number of piperazine rings is 2. The van der Waals surface area contributed by atoms with E-state index in [9.17, 15) is 22.8 Å². The van der Waals surface area contributed by atoms with Crippen molar-refractivity contribution in [3.05, 3.63) is 81.0 Å². The molecule has 0 bridgehead atoms. The number of carbonyl (C=O) groups is 3. The Morgan fingerprint density at radius 3 is 2.24 bits per heavy atom. The molecular weight excluding hydrogens is 825 g/mol. The summed E-state index contributed by atoms with van der Waals surface area (Å²) in [5.74, 6) is -0.680. The van der Waals surface area contributed by atoms with Crippen molar-refractivity contribution < 1.29 is 27.5 Å². The lowest BCUT2D eigenvalue weighted by atomic mass is 10.0. The van der Waals surface area contributed by atoms with E-state index < -0.39 is 21.7 Å². The Labute approximate surface area is 334 Å². The number of rotatable bonds is 6. The molecule has 15 nitrogen and oxygen atoms in total. The summed E-state index contributed by atoms with van der Waals surface area (Å²) >= 11 is 15.6. The summed E-state index contributed by atoms with van der Waals surface area (Å²) in [4.78, 5) is 56.4. The van der Waals surface area contributed by atoms with Gasteiger partial charge in [-0.25, -0.2) is 33.1 Å². The van der Waals surface area contributed by atoms with Gasteiger partial charge in [0.1, 0.15) is 32.5 Å². The predicted octanol–water partition coefficient (Wildman–Crippen LogP) is 5.04. The molecule has 2 aliphatic heterocycles. The number of hydrogen-bond acceptors (Lipinski definition) is 11. The lowest BCUT2D eigenvalue weighted by Crippen LogP contribution is -2.56. The van der Waals surface area contributed by atoms with E-state index >= 15 is 0 Å². The minimum absolute atomic E-state index is 0.000480. The molecule has 19 heteroatoms. The van der Waals surface area contributed by atoms with E-state index in [1.807, 2.05) is 39.8 Å². The van der Waals surface area contributed by atoms with Gasteiger partial charge >= 0.3 is 6.09 Å². The van der Waals surface area contributed by atoms with Crippen molar-refractivity contribution in [1.82, 2.24) is 44.7 Å². The second-order valence-electron chi connectivity index (χ2n) is 13.9. The van der Waals surface area contributed by atoms with Gasteiger partial charge < -0.3 is 25.2 Å². The van der Waals surface area contributed by atoms with Crippen molar-refractivity contribution >= 4 is 67.1 Å². The largest absolute Gasteiger partial charge is 0.444 e. The van der Waals surface area contributed by atoms with Crippen LogP contribution in [0.25, 0.3) is 11.4 Å². The summed E-state index contributed by atoms with van der Waals surface area (Å²) in [6, 6.07) is 7.45. The molecule has 0 spiro atoms. The van der Waals surface area contributed by atoms with E-state index in [4.69, 9.17) is 27.9 Å². The number of amides is 3. The topological polar surface area (TPSA) is 180 Å². The summed E-state index contributed by atoms with van der Waals surface area (Å²) in [6.45, 7) is 14.4. The van der Waals surface area contributed by atoms with Crippen LogP contribution in [-0.4, -0.2) is 118 Å². The van der Waals surface area contributed by atoms with Crippen LogP contribution in [0, 0.1) is 0 Å². The third kappa shape index (κ3) is 11.2. The molecule has 3 aromatic heterocycles. The molecule has 2 fully saturated rings. The standard InChI is InChI=1S/C20H23ClN6O4S.C15H21BrClN3O2/c1-5-19(28)26-10-17(27(9-12(26)2)32(4,30)31)13-6-15(25-18(21)7-13)14-8-16(20(29)22-3)24-11-23-14;1-9-7-18-11(10-5-12(16)19-13(17)6-10)8-20(9)14(21)22-15(2,3)4/h5-8,11-12,17H,1,9-10H2,2-4H3,(H,22,29);5-6,9,11,18H,7-8H2,1-4H3/t12-,17-;9-,11-/m10/s1. The molecule has 4 atom stereocenters. The molecular formula is C35H44BrCl2N9O6S. The number of carbonyl (C=O) groups excluding carboxylic acids is 3. The summed E-state index contributed by atoms with van der Waals surface area (Å²) < 4.78 is 32.6. The molecule has 5 heterocycles. The first-order chi connectivity index (χ1) is 25.2. The molecule has 54 heavy (non-hydrogen) atoms. The molecule has 3 amide bonds. The number of pyridine rings is 2. The maximum atomic E-state index is 12.5. The van der Waals surface area contributed by atoms with Gasteiger partial charge in [-0.05, 0) is 98.1 Å². The minimum Gasteiger partial charge on any atom is -0.444 e. The van der Waals surface area contributed by atoms with Crippen LogP contribution >= 0.6 is 39.1 Å². The van der Waals surface area contributed by atoms with Crippen molar-refractivity contribution in [1.29, 1.82) is 0 Å². The average Bonchev–Trinajstić information content (AvgIpc) is 3.09. The van der Waals surface area contributed by atoms with Crippen molar-refractivity contribution in [2.75, 3.05) is 39.5 Å². The average molecular weight is 870 g/mol. The lowest BCUT2D eigenvalue weighted by molar-refractivity contribution is -0.130. The zero-order valence-corrected chi connectivity index (χ0v) is 34.9. The van der Waals surface area contributed by atoms with Crippen LogP contribution in [0.4, 0.5) is 4.79 Å². The molecule has 0 saturated carbocycles. The number of nitrogens with one attached hydrogen (secondary N) is 2. The lowest BCUT2D eigenvalue weighted by Gasteiger charge is -2.44. The zero-order chi connectivity index (χ0) is 40.1. The fourth-order valence-electron chi connectivity index (χ4n) is 5.94. The third-order valence-corrected chi connectivity index (χ3v) is 10.6. The van der Waals surface area contributed by atoms with E-state index in [0.717, 1.165) is 11.8 Å². The number of halogens is 3. The van der Waals surface area contributed by atoms with E-state index in [2.05, 4.69) is 53.1 Å². The van der Waals surface area contributed by atoms with Gasteiger partial charge in [0.05, 0.1) is 29.7 Å². The molecule has 5 rings (SSSR count). The molecule has 292 valence electrons. The molecule has 3 aromatic rings. The highest BCUT2D eigenvalue weighted by Crippen LogP contribution is 2.33. The van der Waals surface area contributed by atoms with Gasteiger partial charge in [0.15, 0.2) is 0 Å². The first-order valence-electron chi connectivity index (χ1n) is 16.9. The van der Waals surface area contributed by atoms with Gasteiger partial charge in [-0.15, -0.1) is 0 Å². The van der Waals surface area contributed by atoms with Gasteiger partial charge in [-0.2, -0.15) is 4.31 Å². The summed E-state index contributed by atoms with van der Waals surface area (Å²) in [5, 5.41) is 6.46. The van der Waals surface area contributed by atoms with Crippen LogP contribution in [0.2, 0.25) is 10.3 Å². The maximum absolute atomic E-state index is 12.5. The van der Waals surface area contributed by atoms with E-state index in [-0.39, 0.29) is 60.0 Å². The van der Waals surface area contributed by atoms with E-state index in [0.29, 0.717) is 39.8 Å². The minimum atomic E-state index is -3.60. The maximum Gasteiger partial charge on any atom is 0.410 e. The monoisotopic (exact) mass is 867 g/mol. The van der Waals surface area contributed by atoms with Crippen LogP contribution in [0.15, 0.2) is 53.9 Å². The second-order valence-corrected chi connectivity index (χ2v) is 17.4. The second kappa shape index (κ2) is 17.8. The van der Waals surface area contributed by atoms with Gasteiger partial charge in [-0.1, -0.05) is 29.8 Å². The van der Waals surface area contributed by atoms with Crippen LogP contribution in [-0.2, 0) is 19.6 Å². The van der Waals surface area contributed by atoms with Crippen LogP contribution in [0.1, 0.15) is 68.3 Å². The molecule has 0 radical (unpaired) electrons. The van der Waals surface area contributed by atoms with Gasteiger partial charge in [0, 0.05) is 45.3 Å². The third-order valence-electron chi connectivity index (χ3n) is 8.55. The first-order valence-corrected chi connectivity index (χ1v) is 20.3. The molecule has 2 N–H and O–H groups in total. The van der Waals surface area contributed by atoms with E-state index in [1.165, 1.54) is 29.8 Å². The molecule has 0 aromatic carbocycles. The Hall–Kier alpha value is -3.74. The fraction of sp³-hybridized carbons (Fsp3) is 0.457. The van der Waals surface area contributed by atoms with Crippen LogP contribution < -0.4 is 10.6 Å². The quantitative estimate of drug-likeness (QED) is 0.251. The first kappa shape index (κ1) is 43.0. The number of hydrogen-bond donors (Lipinski definition) is 2. The Morgan fingerprint density at radius 2 is 1.63 bits per heavy atom. The molecule has 0 unspecified atom stereocenters. The van der Waals surface area contributed by atoms with E-state index in [1.54, 1.807) is 28.9 Å². The summed E-state index contributed by atoms with van der Waals surface area (Å²) in [7, 11) is -2.11. The highest BCUT2D eigenvalue weighted by atomic mass is 79.9. The number of nitrogens with zero attached hydrogens (tertiary/aromatic N) is 7. The SMILES string of the molecule is C=CC(=O)N1C[C@H](c2cc(Cl)nc(-c3cc(C(=O)NC)ncn3)c2)N(S(C)(=O)=O)C[C@H]1C.C[C@H]1CN[C@H](c2cc(Cl)nc(Br)c2)CN1C(=O)OC(C)(C)C. The van der Waals surface area contributed by atoms with Crippen molar-refractivity contribution in [2.24, 2.45) is 0 Å². The zero-order valence-electron chi connectivity index (χ0n) is 31.0. The summed E-state index contributed by atoms with van der Waals surface area (Å²) in [6.07, 6.45) is 3.28. The summed E-state index contributed by atoms with van der Waals surface area (Å²) in [5.41, 5.74) is 1.87. The highest BCUT2D eigenvalue weighted by molar-refractivity contribution is 9.10. The van der Waals surface area contributed by atoms with Crippen molar-refractivity contribution in [3.63, 3.8) is 0 Å². The smallest absolute Gasteiger partial charge is 0.410 e. The van der Waals surface area contributed by atoms with Crippen molar-refractivity contribution in [3.8, 4) is 11.4 Å². The normalized spacial score (nSPS) is 20.7. The van der Waals surface area contributed by atoms with Crippen LogP contribution in [0.5, 0.6) is 0 Å². The van der Waals surface area contributed by atoms with Gasteiger partial charge in [0.25, 0.3) is 5.91 Å². The Morgan fingerprint density at radius 1 is 0.963 bits per heavy atom. The predicted molar refractivity (Wildman–Crippen MR) is 209 cm³/mol. The van der Waals surface area contributed by atoms with Gasteiger partial charge in [0.2, 0.25) is 15.9 Å². The Balaban J connectivity index is 0.000000258. The Bertz CT molecular complexity index is 1980. The number of aromatic nitrogens is 4. The molecule has 0 aliphatic carbocycles. The Kier molecular flexibility index (Phi) is 14.2. The van der Waals surface area contributed by atoms with Crippen LogP contribution in [0.3, 0.4) is 0 Å². The fourth-order valence-corrected chi connectivity index (χ4v) is 8.07. The molecule has 2 saturated heterocycles. The molecule has 2 aliphatic rings. The number of sulfonamides is 1. The van der Waals surface area contributed by atoms with Gasteiger partial charge in [-0.3, -0.25) is 9.59 Å².